The van der Waals surface area contributed by atoms with E-state index in [0.29, 0.717) is 5.69 Å². The lowest BCUT2D eigenvalue weighted by atomic mass is 10.1. The third-order valence-corrected chi connectivity index (χ3v) is 3.19. The van der Waals surface area contributed by atoms with Crippen LogP contribution < -0.4 is 5.73 Å². The van der Waals surface area contributed by atoms with Gasteiger partial charge in [-0.25, -0.2) is 4.79 Å². The highest BCUT2D eigenvalue weighted by Crippen LogP contribution is 2.27. The maximum Gasteiger partial charge on any atom is 0.335 e. The summed E-state index contributed by atoms with van der Waals surface area (Å²) in [5.41, 5.74) is 10.1. The van der Waals surface area contributed by atoms with Crippen molar-refractivity contribution in [3.63, 3.8) is 0 Å². The maximum absolute atomic E-state index is 10.7. The fourth-order valence-electron chi connectivity index (χ4n) is 1.72. The Labute approximate surface area is 116 Å². The molecule has 0 aliphatic rings. The molecule has 0 unspecified atom stereocenters. The Hall–Kier alpha value is -2.69. The van der Waals surface area contributed by atoms with Crippen molar-refractivity contribution in [2.75, 3.05) is 5.73 Å². The number of nitrogens with zero attached hydrogens (tertiary/aromatic N) is 2. The van der Waals surface area contributed by atoms with Crippen molar-refractivity contribution in [3.05, 3.63) is 53.1 Å². The monoisotopic (exact) mass is 269 g/mol. The van der Waals surface area contributed by atoms with E-state index in [1.165, 1.54) is 12.1 Å². The van der Waals surface area contributed by atoms with E-state index < -0.39 is 5.97 Å². The molecule has 0 bridgehead atoms. The second-order valence-electron chi connectivity index (χ2n) is 4.48. The quantitative estimate of drug-likeness (QED) is 0.652. The zero-order valence-electron chi connectivity index (χ0n) is 11.3. The molecule has 0 atom stereocenters. The summed E-state index contributed by atoms with van der Waals surface area (Å²) in [7, 11) is 0. The Morgan fingerprint density at radius 2 is 1.65 bits per heavy atom. The fourth-order valence-corrected chi connectivity index (χ4v) is 1.72. The van der Waals surface area contributed by atoms with Crippen LogP contribution in [0, 0.1) is 13.8 Å². The molecule has 0 aliphatic heterocycles. The molecule has 0 aliphatic carbocycles. The lowest BCUT2D eigenvalue weighted by Gasteiger charge is -2.06. The molecule has 0 spiro atoms. The molecular weight excluding hydrogens is 254 g/mol. The Bertz CT molecular complexity index is 676. The summed E-state index contributed by atoms with van der Waals surface area (Å²) in [5, 5.41) is 17.1. The van der Waals surface area contributed by atoms with Crippen LogP contribution >= 0.6 is 0 Å². The van der Waals surface area contributed by atoms with Gasteiger partial charge in [-0.2, -0.15) is 10.2 Å². The number of aromatic carboxylic acids is 1. The van der Waals surface area contributed by atoms with Crippen molar-refractivity contribution in [2.45, 2.75) is 13.8 Å². The lowest BCUT2D eigenvalue weighted by Crippen LogP contribution is -1.94. The molecule has 2 rings (SSSR count). The third-order valence-electron chi connectivity index (χ3n) is 3.19. The molecular formula is C15H15N3O2. The van der Waals surface area contributed by atoms with Gasteiger partial charge in [-0.3, -0.25) is 0 Å². The molecule has 0 radical (unpaired) electrons. The van der Waals surface area contributed by atoms with Crippen molar-refractivity contribution >= 4 is 23.0 Å². The number of hydrogen-bond acceptors (Lipinski definition) is 4. The van der Waals surface area contributed by atoms with Gasteiger partial charge in [0.15, 0.2) is 0 Å². The Morgan fingerprint density at radius 3 is 2.25 bits per heavy atom. The number of nitrogens with two attached hydrogens (primary N) is 1. The number of anilines is 1. The summed E-state index contributed by atoms with van der Waals surface area (Å²) in [6, 6.07) is 9.84. The fraction of sp³-hybridized carbons (Fsp3) is 0.133. The zero-order chi connectivity index (χ0) is 14.7. The highest BCUT2D eigenvalue weighted by atomic mass is 16.4. The number of azo groups is 1. The minimum Gasteiger partial charge on any atom is -0.478 e. The molecule has 0 heterocycles. The number of benzene rings is 2. The molecule has 0 amide bonds. The average Bonchev–Trinajstić information content (AvgIpc) is 2.44. The van der Waals surface area contributed by atoms with E-state index >= 15 is 0 Å². The molecule has 5 heteroatoms. The number of carbonyl (C=O) groups is 1. The predicted octanol–water partition coefficient (Wildman–Crippen LogP) is 4.00. The number of carboxylic acids is 1. The van der Waals surface area contributed by atoms with Crippen LogP contribution in [0.25, 0.3) is 0 Å². The van der Waals surface area contributed by atoms with Gasteiger partial charge in [-0.05, 0) is 61.4 Å². The number of hydrogen-bond donors (Lipinski definition) is 2. The molecule has 5 nitrogen and oxygen atoms in total. The number of nitrogen functional groups attached to an aromatic ring is 1. The minimum atomic E-state index is -0.960. The molecule has 0 saturated carbocycles. The molecule has 2 aromatic carbocycles. The van der Waals surface area contributed by atoms with E-state index in [2.05, 4.69) is 10.2 Å². The van der Waals surface area contributed by atoms with E-state index in [-0.39, 0.29) is 5.56 Å². The van der Waals surface area contributed by atoms with Gasteiger partial charge in [0.2, 0.25) is 0 Å². The molecule has 0 aromatic heterocycles. The molecule has 0 saturated heterocycles. The molecule has 102 valence electrons. The highest BCUT2D eigenvalue weighted by Gasteiger charge is 2.04. The SMILES string of the molecule is Cc1c(N)ccc(N=Nc2ccc(C(=O)O)cc2)c1C. The molecule has 3 N–H and O–H groups in total. The highest BCUT2D eigenvalue weighted by molar-refractivity contribution is 5.87. The summed E-state index contributed by atoms with van der Waals surface area (Å²) >= 11 is 0. The van der Waals surface area contributed by atoms with Gasteiger partial charge >= 0.3 is 5.97 Å². The van der Waals surface area contributed by atoms with E-state index in [0.717, 1.165) is 22.5 Å². The first kappa shape index (κ1) is 13.7. The first-order chi connectivity index (χ1) is 9.49. The van der Waals surface area contributed by atoms with Crippen molar-refractivity contribution in [1.29, 1.82) is 0 Å². The molecule has 0 fully saturated rings. The second-order valence-corrected chi connectivity index (χ2v) is 4.48. The van der Waals surface area contributed by atoms with Gasteiger partial charge in [-0.1, -0.05) is 0 Å². The normalized spacial score (nSPS) is 10.9. The van der Waals surface area contributed by atoms with Crippen LogP contribution in [0.15, 0.2) is 46.6 Å². The van der Waals surface area contributed by atoms with Gasteiger partial charge < -0.3 is 10.8 Å². The van der Waals surface area contributed by atoms with Gasteiger partial charge in [0.25, 0.3) is 0 Å². The van der Waals surface area contributed by atoms with E-state index in [1.807, 2.05) is 19.9 Å². The summed E-state index contributed by atoms with van der Waals surface area (Å²) in [5.74, 6) is -0.960. The zero-order valence-corrected chi connectivity index (χ0v) is 11.3. The van der Waals surface area contributed by atoms with Crippen LogP contribution in [-0.4, -0.2) is 11.1 Å². The molecule has 20 heavy (non-hydrogen) atoms. The smallest absolute Gasteiger partial charge is 0.335 e. The van der Waals surface area contributed by atoms with Crippen molar-refractivity contribution in [2.24, 2.45) is 10.2 Å². The van der Waals surface area contributed by atoms with Crippen LogP contribution in [0.1, 0.15) is 21.5 Å². The Balaban J connectivity index is 2.25. The topological polar surface area (TPSA) is 88.0 Å². The Morgan fingerprint density at radius 1 is 1.00 bits per heavy atom. The summed E-state index contributed by atoms with van der Waals surface area (Å²) in [6.07, 6.45) is 0. The lowest BCUT2D eigenvalue weighted by molar-refractivity contribution is 0.0697. The standard InChI is InChI=1S/C15H15N3O2/c1-9-10(2)14(8-7-13(9)16)18-17-12-5-3-11(4-6-12)15(19)20/h3-8H,16H2,1-2H3,(H,19,20). The van der Waals surface area contributed by atoms with Gasteiger partial charge in [0.1, 0.15) is 0 Å². The van der Waals surface area contributed by atoms with Gasteiger partial charge in [-0.15, -0.1) is 0 Å². The average molecular weight is 269 g/mol. The van der Waals surface area contributed by atoms with Crippen LogP contribution in [0.4, 0.5) is 17.1 Å². The van der Waals surface area contributed by atoms with Gasteiger partial charge in [0.05, 0.1) is 16.9 Å². The second kappa shape index (κ2) is 5.52. The van der Waals surface area contributed by atoms with Crippen LogP contribution in [-0.2, 0) is 0 Å². The van der Waals surface area contributed by atoms with E-state index in [9.17, 15) is 4.79 Å². The van der Waals surface area contributed by atoms with Gasteiger partial charge in [0, 0.05) is 5.69 Å². The van der Waals surface area contributed by atoms with Crippen LogP contribution in [0.2, 0.25) is 0 Å². The largest absolute Gasteiger partial charge is 0.478 e. The Kier molecular flexibility index (Phi) is 3.79. The summed E-state index contributed by atoms with van der Waals surface area (Å²) < 4.78 is 0. The van der Waals surface area contributed by atoms with Crippen molar-refractivity contribution in [3.8, 4) is 0 Å². The van der Waals surface area contributed by atoms with E-state index in [4.69, 9.17) is 10.8 Å². The molecule has 2 aromatic rings. The van der Waals surface area contributed by atoms with Crippen LogP contribution in [0.3, 0.4) is 0 Å². The maximum atomic E-state index is 10.7. The first-order valence-electron chi connectivity index (χ1n) is 6.10. The number of carboxylic acid groups (broad SMARTS) is 1. The first-order valence-corrected chi connectivity index (χ1v) is 6.10. The third kappa shape index (κ3) is 2.83. The van der Waals surface area contributed by atoms with Crippen molar-refractivity contribution < 1.29 is 9.90 Å². The predicted molar refractivity (Wildman–Crippen MR) is 77.9 cm³/mol. The van der Waals surface area contributed by atoms with E-state index in [1.54, 1.807) is 18.2 Å². The summed E-state index contributed by atoms with van der Waals surface area (Å²) in [6.45, 7) is 3.87. The van der Waals surface area contributed by atoms with Crippen molar-refractivity contribution in [1.82, 2.24) is 0 Å². The minimum absolute atomic E-state index is 0.225. The number of rotatable bonds is 3. The van der Waals surface area contributed by atoms with Crippen LogP contribution in [0.5, 0.6) is 0 Å². The summed E-state index contributed by atoms with van der Waals surface area (Å²) in [4.78, 5) is 10.7.